The van der Waals surface area contributed by atoms with Crippen LogP contribution >= 0.6 is 0 Å². The first-order valence-corrected chi connectivity index (χ1v) is 5.23. The van der Waals surface area contributed by atoms with E-state index in [0.29, 0.717) is 13.2 Å². The van der Waals surface area contributed by atoms with E-state index in [4.69, 9.17) is 4.74 Å². The molecule has 1 aliphatic heterocycles. The zero-order valence-corrected chi connectivity index (χ0v) is 8.61. The summed E-state index contributed by atoms with van der Waals surface area (Å²) >= 11 is -1.10. The third-order valence-corrected chi connectivity index (χ3v) is 3.73. The predicted molar refractivity (Wildman–Crippen MR) is 50.8 cm³/mol. The van der Waals surface area contributed by atoms with Gasteiger partial charge in [0.2, 0.25) is 0 Å². The van der Waals surface area contributed by atoms with Gasteiger partial charge in [-0.05, 0) is 20.3 Å². The lowest BCUT2D eigenvalue weighted by Gasteiger charge is -2.24. The first-order valence-electron chi connectivity index (χ1n) is 4.12. The van der Waals surface area contributed by atoms with Gasteiger partial charge in [-0.15, -0.1) is 0 Å². The van der Waals surface area contributed by atoms with E-state index < -0.39 is 11.4 Å². The molecule has 0 amide bonds. The Morgan fingerprint density at radius 1 is 1.58 bits per heavy atom. The molecule has 70 valence electrons. The van der Waals surface area contributed by atoms with Gasteiger partial charge in [0.05, 0.1) is 13.2 Å². The second-order valence-corrected chi connectivity index (χ2v) is 5.30. The van der Waals surface area contributed by atoms with Gasteiger partial charge >= 0.3 is 0 Å². The molecule has 12 heavy (non-hydrogen) atoms. The van der Waals surface area contributed by atoms with Gasteiger partial charge in [0, 0.05) is 0 Å². The lowest BCUT2D eigenvalue weighted by molar-refractivity contribution is 0.160. The van der Waals surface area contributed by atoms with Gasteiger partial charge in [-0.2, -0.15) is 0 Å². The van der Waals surface area contributed by atoms with Crippen LogP contribution in [0.5, 0.6) is 0 Å². The van der Waals surface area contributed by atoms with Crippen LogP contribution in [-0.4, -0.2) is 28.2 Å². The van der Waals surface area contributed by atoms with E-state index >= 15 is 0 Å². The topological polar surface area (TPSA) is 44.7 Å². The Balaban J connectivity index is 2.51. The predicted octanol–water partition coefficient (Wildman–Crippen LogP) is 1.31. The SMILES string of the molecule is CCC(C)(C)[S+]([O-])N=C1COC1. The third kappa shape index (κ3) is 2.21. The largest absolute Gasteiger partial charge is 0.591 e. The zero-order valence-electron chi connectivity index (χ0n) is 7.79. The minimum atomic E-state index is -1.10. The maximum Gasteiger partial charge on any atom is 0.147 e. The van der Waals surface area contributed by atoms with Crippen molar-refractivity contribution in [3.8, 4) is 0 Å². The van der Waals surface area contributed by atoms with Crippen molar-refractivity contribution in [1.29, 1.82) is 0 Å². The van der Waals surface area contributed by atoms with Crippen LogP contribution in [0.2, 0.25) is 0 Å². The fraction of sp³-hybridized carbons (Fsp3) is 0.875. The van der Waals surface area contributed by atoms with Crippen molar-refractivity contribution in [2.24, 2.45) is 4.40 Å². The summed E-state index contributed by atoms with van der Waals surface area (Å²) in [5.74, 6) is 0. The molecule has 0 saturated carbocycles. The van der Waals surface area contributed by atoms with Gasteiger partial charge in [-0.3, -0.25) is 0 Å². The lowest BCUT2D eigenvalue weighted by Crippen LogP contribution is -2.34. The molecule has 0 spiro atoms. The Hall–Kier alpha value is -0.0600. The molecule has 0 aromatic heterocycles. The third-order valence-electron chi connectivity index (χ3n) is 2.07. The quantitative estimate of drug-likeness (QED) is 0.628. The molecule has 0 aromatic rings. The molecule has 1 rings (SSSR count). The van der Waals surface area contributed by atoms with Crippen LogP contribution in [0.25, 0.3) is 0 Å². The van der Waals surface area contributed by atoms with Crippen LogP contribution in [0.15, 0.2) is 4.40 Å². The van der Waals surface area contributed by atoms with E-state index in [2.05, 4.69) is 4.40 Å². The normalized spacial score (nSPS) is 20.2. The molecule has 0 aliphatic carbocycles. The highest BCUT2D eigenvalue weighted by Gasteiger charge is 2.31. The Morgan fingerprint density at radius 3 is 2.50 bits per heavy atom. The highest BCUT2D eigenvalue weighted by atomic mass is 32.2. The molecule has 1 heterocycles. The lowest BCUT2D eigenvalue weighted by atomic mass is 10.1. The molecule has 0 aromatic carbocycles. The van der Waals surface area contributed by atoms with Crippen molar-refractivity contribution in [2.75, 3.05) is 13.2 Å². The average Bonchev–Trinajstić information content (AvgIpc) is 1.96. The van der Waals surface area contributed by atoms with Crippen LogP contribution in [0.4, 0.5) is 0 Å². The molecule has 1 atom stereocenters. The Morgan fingerprint density at radius 2 is 2.17 bits per heavy atom. The minimum absolute atomic E-state index is 0.206. The molecule has 0 N–H and O–H groups in total. The Kier molecular flexibility index (Phi) is 3.15. The van der Waals surface area contributed by atoms with Gasteiger partial charge in [0.1, 0.15) is 21.8 Å². The van der Waals surface area contributed by atoms with Gasteiger partial charge in [0.25, 0.3) is 0 Å². The van der Waals surface area contributed by atoms with E-state index in [9.17, 15) is 4.55 Å². The molecule has 4 heteroatoms. The number of nitrogens with zero attached hydrogens (tertiary/aromatic N) is 1. The second kappa shape index (κ2) is 3.77. The average molecular weight is 189 g/mol. The molecule has 0 radical (unpaired) electrons. The molecular weight excluding hydrogens is 174 g/mol. The van der Waals surface area contributed by atoms with E-state index in [1.54, 1.807) is 0 Å². The number of hydrogen-bond acceptors (Lipinski definition) is 3. The van der Waals surface area contributed by atoms with Crippen LogP contribution < -0.4 is 0 Å². The summed E-state index contributed by atoms with van der Waals surface area (Å²) < 4.78 is 20.4. The zero-order chi connectivity index (χ0) is 9.19. The van der Waals surface area contributed by atoms with Gasteiger partial charge in [-0.25, -0.2) is 0 Å². The van der Waals surface area contributed by atoms with Crippen molar-refractivity contribution < 1.29 is 9.29 Å². The summed E-state index contributed by atoms with van der Waals surface area (Å²) in [6.07, 6.45) is 0.872. The number of ether oxygens (including phenoxy) is 1. The molecular formula is C8H15NO2S. The van der Waals surface area contributed by atoms with Crippen LogP contribution in [0.1, 0.15) is 27.2 Å². The summed E-state index contributed by atoms with van der Waals surface area (Å²) in [5.41, 5.74) is 0.926. The summed E-state index contributed by atoms with van der Waals surface area (Å²) in [4.78, 5) is 0. The highest BCUT2D eigenvalue weighted by molar-refractivity contribution is 7.91. The van der Waals surface area contributed by atoms with Crippen molar-refractivity contribution >= 4 is 17.1 Å². The molecule has 1 fully saturated rings. The minimum Gasteiger partial charge on any atom is -0.591 e. The summed E-state index contributed by atoms with van der Waals surface area (Å²) in [6, 6.07) is 0. The summed E-state index contributed by atoms with van der Waals surface area (Å²) in [5, 5.41) is 0. The molecule has 1 saturated heterocycles. The number of rotatable bonds is 3. The molecule has 1 unspecified atom stereocenters. The van der Waals surface area contributed by atoms with Crippen molar-refractivity contribution in [2.45, 2.75) is 31.9 Å². The summed E-state index contributed by atoms with van der Waals surface area (Å²) in [7, 11) is 0. The first kappa shape index (κ1) is 10.0. The van der Waals surface area contributed by atoms with Gasteiger partial charge in [0.15, 0.2) is 0 Å². The fourth-order valence-electron chi connectivity index (χ4n) is 0.610. The first-order chi connectivity index (χ1) is 5.56. The molecule has 1 aliphatic rings. The standard InChI is InChI=1S/C8H15NO2S/c1-4-8(2,3)12(10)9-7-5-11-6-7/h4-6H2,1-3H3. The van der Waals surface area contributed by atoms with E-state index in [0.717, 1.165) is 12.1 Å². The van der Waals surface area contributed by atoms with Gasteiger partial charge in [-0.1, -0.05) is 11.3 Å². The maximum atomic E-state index is 11.6. The maximum absolute atomic E-state index is 11.6. The second-order valence-electron chi connectivity index (χ2n) is 3.51. The van der Waals surface area contributed by atoms with E-state index in [1.165, 1.54) is 0 Å². The van der Waals surface area contributed by atoms with Crippen molar-refractivity contribution in [3.05, 3.63) is 0 Å². The Bertz CT molecular complexity index is 185. The molecule has 3 nitrogen and oxygen atoms in total. The number of hydrogen-bond donors (Lipinski definition) is 0. The van der Waals surface area contributed by atoms with E-state index in [1.807, 2.05) is 20.8 Å². The van der Waals surface area contributed by atoms with Crippen LogP contribution in [0.3, 0.4) is 0 Å². The van der Waals surface area contributed by atoms with Crippen molar-refractivity contribution in [1.82, 2.24) is 0 Å². The van der Waals surface area contributed by atoms with Crippen molar-refractivity contribution in [3.63, 3.8) is 0 Å². The van der Waals surface area contributed by atoms with Crippen LogP contribution in [0, 0.1) is 0 Å². The van der Waals surface area contributed by atoms with Gasteiger partial charge < -0.3 is 9.29 Å². The summed E-state index contributed by atoms with van der Waals surface area (Å²) in [6.45, 7) is 7.08. The highest BCUT2D eigenvalue weighted by Crippen LogP contribution is 2.22. The van der Waals surface area contributed by atoms with E-state index in [-0.39, 0.29) is 4.75 Å². The smallest absolute Gasteiger partial charge is 0.147 e. The fourth-order valence-corrected chi connectivity index (χ4v) is 1.44. The van der Waals surface area contributed by atoms with Crippen LogP contribution in [-0.2, 0) is 16.1 Å². The monoisotopic (exact) mass is 189 g/mol. The molecule has 0 bridgehead atoms. The Labute approximate surface area is 76.5 Å².